The molecule has 0 atom stereocenters. The lowest BCUT2D eigenvalue weighted by Gasteiger charge is -2.03. The molecule has 0 N–H and O–H groups in total. The Morgan fingerprint density at radius 3 is 2.69 bits per heavy atom. The van der Waals surface area contributed by atoms with E-state index in [1.165, 1.54) is 31.5 Å². The highest BCUT2D eigenvalue weighted by Crippen LogP contribution is 2.27. The van der Waals surface area contributed by atoms with Crippen LogP contribution < -0.4 is 0 Å². The zero-order chi connectivity index (χ0) is 11.7. The molecule has 0 fully saturated rings. The Morgan fingerprint density at radius 2 is 2.06 bits per heavy atom. The van der Waals surface area contributed by atoms with Gasteiger partial charge < -0.3 is 0 Å². The number of rotatable bonds is 2. The van der Waals surface area contributed by atoms with Crippen molar-refractivity contribution in [1.82, 2.24) is 4.98 Å². The monoisotopic (exact) mass is 216 g/mol. The van der Waals surface area contributed by atoms with Crippen molar-refractivity contribution in [2.75, 3.05) is 0 Å². The number of hydrogen-bond acceptors (Lipinski definition) is 4. The third kappa shape index (κ3) is 1.52. The van der Waals surface area contributed by atoms with Gasteiger partial charge in [0.25, 0.3) is 5.69 Å². The molecule has 0 saturated heterocycles. The Hall–Kier alpha value is -2.30. The Bertz CT molecular complexity index is 540. The van der Waals surface area contributed by atoms with E-state index in [0.717, 1.165) is 0 Å². The van der Waals surface area contributed by atoms with Crippen LogP contribution in [0.3, 0.4) is 0 Å². The van der Waals surface area contributed by atoms with Crippen LogP contribution in [-0.4, -0.2) is 15.7 Å². The van der Waals surface area contributed by atoms with Crippen molar-refractivity contribution in [2.24, 2.45) is 0 Å². The summed E-state index contributed by atoms with van der Waals surface area (Å²) < 4.78 is 0. The first-order chi connectivity index (χ1) is 7.61. The Balaban J connectivity index is 2.87. The van der Waals surface area contributed by atoms with Crippen molar-refractivity contribution in [3.05, 3.63) is 46.3 Å². The second-order valence-electron chi connectivity index (χ2n) is 3.37. The van der Waals surface area contributed by atoms with Crippen LogP contribution >= 0.6 is 0 Å². The number of carbonyl (C=O) groups excluding carboxylic acids is 1. The van der Waals surface area contributed by atoms with Crippen molar-refractivity contribution in [3.8, 4) is 0 Å². The molecule has 0 amide bonds. The lowest BCUT2D eigenvalue weighted by Crippen LogP contribution is -1.97. The average molecular weight is 216 g/mol. The standard InChI is InChI=1S/C11H8N2O3/c1-7(14)8-2-3-11(13(15)16)9-4-5-12-6-10(8)9/h2-6H,1H3. The number of carbonyl (C=O) groups is 1. The smallest absolute Gasteiger partial charge is 0.277 e. The first kappa shape index (κ1) is 10.2. The molecule has 1 aromatic carbocycles. The number of benzene rings is 1. The van der Waals surface area contributed by atoms with Gasteiger partial charge in [-0.25, -0.2) is 0 Å². The minimum absolute atomic E-state index is 0.0117. The van der Waals surface area contributed by atoms with Gasteiger partial charge in [0.1, 0.15) is 0 Å². The van der Waals surface area contributed by atoms with Crippen LogP contribution in [-0.2, 0) is 0 Å². The van der Waals surface area contributed by atoms with Crippen LogP contribution in [0.5, 0.6) is 0 Å². The number of nitro benzene ring substituents is 1. The van der Waals surface area contributed by atoms with E-state index in [0.29, 0.717) is 16.3 Å². The van der Waals surface area contributed by atoms with Gasteiger partial charge >= 0.3 is 0 Å². The topological polar surface area (TPSA) is 73.1 Å². The number of ketones is 1. The van der Waals surface area contributed by atoms with Gasteiger partial charge in [0.05, 0.1) is 10.3 Å². The van der Waals surface area contributed by atoms with E-state index in [9.17, 15) is 14.9 Å². The molecule has 0 aliphatic carbocycles. The van der Waals surface area contributed by atoms with E-state index >= 15 is 0 Å². The largest absolute Gasteiger partial charge is 0.294 e. The van der Waals surface area contributed by atoms with E-state index < -0.39 is 4.92 Å². The minimum atomic E-state index is -0.466. The van der Waals surface area contributed by atoms with Gasteiger partial charge in [-0.15, -0.1) is 0 Å². The van der Waals surface area contributed by atoms with Gasteiger partial charge in [-0.05, 0) is 19.1 Å². The fourth-order valence-electron chi connectivity index (χ4n) is 1.64. The predicted octanol–water partition coefficient (Wildman–Crippen LogP) is 2.35. The number of nitrogens with zero attached hydrogens (tertiary/aromatic N) is 2. The number of nitro groups is 1. The molecule has 2 aromatic rings. The molecule has 0 aliphatic heterocycles. The molecule has 2 rings (SSSR count). The maximum Gasteiger partial charge on any atom is 0.277 e. The lowest BCUT2D eigenvalue weighted by atomic mass is 10.0. The second kappa shape index (κ2) is 3.69. The predicted molar refractivity (Wildman–Crippen MR) is 58.4 cm³/mol. The fraction of sp³-hybridized carbons (Fsp3) is 0.0909. The van der Waals surface area contributed by atoms with Crippen LogP contribution in [0.4, 0.5) is 5.69 Å². The first-order valence-corrected chi connectivity index (χ1v) is 4.63. The molecule has 0 unspecified atom stereocenters. The van der Waals surface area contributed by atoms with Crippen molar-refractivity contribution in [2.45, 2.75) is 6.92 Å². The van der Waals surface area contributed by atoms with E-state index in [-0.39, 0.29) is 11.5 Å². The van der Waals surface area contributed by atoms with Gasteiger partial charge in [0.15, 0.2) is 5.78 Å². The van der Waals surface area contributed by atoms with Gasteiger partial charge in [-0.2, -0.15) is 0 Å². The van der Waals surface area contributed by atoms with Gasteiger partial charge in [0, 0.05) is 29.4 Å². The Kier molecular flexibility index (Phi) is 2.36. The van der Waals surface area contributed by atoms with E-state index in [4.69, 9.17) is 0 Å². The highest BCUT2D eigenvalue weighted by atomic mass is 16.6. The van der Waals surface area contributed by atoms with Crippen molar-refractivity contribution >= 4 is 22.2 Å². The van der Waals surface area contributed by atoms with Crippen LogP contribution in [0.2, 0.25) is 0 Å². The first-order valence-electron chi connectivity index (χ1n) is 4.63. The van der Waals surface area contributed by atoms with Crippen molar-refractivity contribution in [1.29, 1.82) is 0 Å². The van der Waals surface area contributed by atoms with Gasteiger partial charge in [0.2, 0.25) is 0 Å². The molecule has 80 valence electrons. The summed E-state index contributed by atoms with van der Waals surface area (Å²) in [5.74, 6) is -0.132. The molecule has 1 aromatic heterocycles. The maximum absolute atomic E-state index is 11.3. The molecule has 0 spiro atoms. The summed E-state index contributed by atoms with van der Waals surface area (Å²) in [4.78, 5) is 25.6. The summed E-state index contributed by atoms with van der Waals surface area (Å²) in [6.07, 6.45) is 2.94. The van der Waals surface area contributed by atoms with Crippen LogP contribution in [0.1, 0.15) is 17.3 Å². The number of hydrogen-bond donors (Lipinski definition) is 0. The molecule has 5 heteroatoms. The molecule has 5 nitrogen and oxygen atoms in total. The quantitative estimate of drug-likeness (QED) is 0.438. The summed E-state index contributed by atoms with van der Waals surface area (Å²) >= 11 is 0. The SMILES string of the molecule is CC(=O)c1ccc([N+](=O)[O-])c2ccncc12. The zero-order valence-corrected chi connectivity index (χ0v) is 8.51. The molecular formula is C11H8N2O3. The fourth-order valence-corrected chi connectivity index (χ4v) is 1.64. The Labute approximate surface area is 90.9 Å². The van der Waals surface area contributed by atoms with E-state index in [1.807, 2.05) is 0 Å². The minimum Gasteiger partial charge on any atom is -0.294 e. The summed E-state index contributed by atoms with van der Waals surface area (Å²) in [5, 5.41) is 11.8. The number of aromatic nitrogens is 1. The highest BCUT2D eigenvalue weighted by molar-refractivity contribution is 6.09. The third-order valence-corrected chi connectivity index (χ3v) is 2.37. The summed E-state index contributed by atoms with van der Waals surface area (Å²) in [5.41, 5.74) is 0.441. The summed E-state index contributed by atoms with van der Waals surface area (Å²) in [7, 11) is 0. The van der Waals surface area contributed by atoms with Crippen LogP contribution in [0.25, 0.3) is 10.8 Å². The van der Waals surface area contributed by atoms with E-state index in [2.05, 4.69) is 4.98 Å². The maximum atomic E-state index is 11.3. The van der Waals surface area contributed by atoms with Crippen molar-refractivity contribution in [3.63, 3.8) is 0 Å². The van der Waals surface area contributed by atoms with Crippen LogP contribution in [0.15, 0.2) is 30.6 Å². The number of pyridine rings is 1. The molecular weight excluding hydrogens is 208 g/mol. The van der Waals surface area contributed by atoms with Gasteiger partial charge in [-0.1, -0.05) is 0 Å². The lowest BCUT2D eigenvalue weighted by molar-refractivity contribution is -0.383. The third-order valence-electron chi connectivity index (χ3n) is 2.37. The van der Waals surface area contributed by atoms with E-state index in [1.54, 1.807) is 6.07 Å². The second-order valence-corrected chi connectivity index (χ2v) is 3.37. The van der Waals surface area contributed by atoms with Crippen LogP contribution in [0, 0.1) is 10.1 Å². The van der Waals surface area contributed by atoms with Crippen molar-refractivity contribution < 1.29 is 9.72 Å². The number of fused-ring (bicyclic) bond motifs is 1. The molecule has 0 aliphatic rings. The number of Topliss-reactive ketones (excluding diaryl/α,β-unsaturated/α-hetero) is 1. The molecule has 0 saturated carbocycles. The molecule has 1 heterocycles. The molecule has 16 heavy (non-hydrogen) atoms. The summed E-state index contributed by atoms with van der Waals surface area (Å²) in [6, 6.07) is 4.35. The molecule has 0 radical (unpaired) electrons. The molecule has 0 bridgehead atoms. The number of non-ortho nitro benzene ring substituents is 1. The zero-order valence-electron chi connectivity index (χ0n) is 8.51. The van der Waals surface area contributed by atoms with Gasteiger partial charge in [-0.3, -0.25) is 19.9 Å². The summed E-state index contributed by atoms with van der Waals surface area (Å²) in [6.45, 7) is 1.42. The highest BCUT2D eigenvalue weighted by Gasteiger charge is 2.15. The Morgan fingerprint density at radius 1 is 1.31 bits per heavy atom. The normalized spacial score (nSPS) is 10.3. The average Bonchev–Trinajstić information content (AvgIpc) is 2.27.